The highest BCUT2D eigenvalue weighted by atomic mass is 16.3. The summed E-state index contributed by atoms with van der Waals surface area (Å²) in [5.41, 5.74) is 3.72. The van der Waals surface area contributed by atoms with Crippen LogP contribution in [0.1, 0.15) is 11.1 Å². The molecule has 0 radical (unpaired) electrons. The van der Waals surface area contributed by atoms with Crippen LogP contribution in [-0.4, -0.2) is 10.2 Å². The van der Waals surface area contributed by atoms with Gasteiger partial charge in [0.1, 0.15) is 11.5 Å². The SMILES string of the molecule is Oc1cccc2c1-c1c(O)cccc1C2. The molecule has 0 bridgehead atoms. The van der Waals surface area contributed by atoms with Gasteiger partial charge in [-0.05, 0) is 29.7 Å². The Labute approximate surface area is 87.4 Å². The third-order valence-electron chi connectivity index (χ3n) is 2.89. The Kier molecular flexibility index (Phi) is 1.54. The summed E-state index contributed by atoms with van der Waals surface area (Å²) in [7, 11) is 0. The van der Waals surface area contributed by atoms with Gasteiger partial charge in [-0.15, -0.1) is 0 Å². The summed E-state index contributed by atoms with van der Waals surface area (Å²) in [5, 5.41) is 19.6. The normalized spacial score (nSPS) is 12.3. The zero-order valence-corrected chi connectivity index (χ0v) is 8.07. The first-order valence-electron chi connectivity index (χ1n) is 4.89. The molecule has 0 spiro atoms. The van der Waals surface area contributed by atoms with Crippen LogP contribution >= 0.6 is 0 Å². The molecule has 0 atom stereocenters. The van der Waals surface area contributed by atoms with Crippen LogP contribution in [-0.2, 0) is 6.42 Å². The van der Waals surface area contributed by atoms with E-state index in [-0.39, 0.29) is 11.5 Å². The van der Waals surface area contributed by atoms with Gasteiger partial charge in [-0.2, -0.15) is 0 Å². The van der Waals surface area contributed by atoms with E-state index >= 15 is 0 Å². The quantitative estimate of drug-likeness (QED) is 0.583. The number of phenolic OH excluding ortho intramolecular Hbond substituents is 2. The van der Waals surface area contributed by atoms with Crippen molar-refractivity contribution in [1.82, 2.24) is 0 Å². The van der Waals surface area contributed by atoms with Gasteiger partial charge in [0.05, 0.1) is 0 Å². The Morgan fingerprint density at radius 1 is 0.733 bits per heavy atom. The van der Waals surface area contributed by atoms with Gasteiger partial charge >= 0.3 is 0 Å². The highest BCUT2D eigenvalue weighted by Gasteiger charge is 2.23. The molecule has 0 aliphatic heterocycles. The first kappa shape index (κ1) is 8.36. The third-order valence-corrected chi connectivity index (χ3v) is 2.89. The smallest absolute Gasteiger partial charge is 0.123 e. The molecule has 0 heterocycles. The monoisotopic (exact) mass is 198 g/mol. The molecule has 3 rings (SSSR count). The van der Waals surface area contributed by atoms with Gasteiger partial charge in [0.15, 0.2) is 0 Å². The molecule has 2 aromatic rings. The van der Waals surface area contributed by atoms with E-state index in [2.05, 4.69) is 0 Å². The maximum atomic E-state index is 9.79. The molecule has 1 aliphatic carbocycles. The highest BCUT2D eigenvalue weighted by Crippen LogP contribution is 2.46. The molecule has 0 unspecified atom stereocenters. The van der Waals surface area contributed by atoms with Crippen LogP contribution in [0.15, 0.2) is 36.4 Å². The van der Waals surface area contributed by atoms with Gasteiger partial charge in [0, 0.05) is 11.1 Å². The van der Waals surface area contributed by atoms with Crippen molar-refractivity contribution in [2.45, 2.75) is 6.42 Å². The van der Waals surface area contributed by atoms with Gasteiger partial charge < -0.3 is 10.2 Å². The molecule has 1 aliphatic rings. The van der Waals surface area contributed by atoms with E-state index in [1.165, 1.54) is 0 Å². The second-order valence-electron chi connectivity index (χ2n) is 3.80. The van der Waals surface area contributed by atoms with Gasteiger partial charge in [-0.1, -0.05) is 24.3 Å². The van der Waals surface area contributed by atoms with E-state index in [9.17, 15) is 10.2 Å². The van der Waals surface area contributed by atoms with Crippen LogP contribution in [0.4, 0.5) is 0 Å². The maximum absolute atomic E-state index is 9.79. The molecule has 0 amide bonds. The van der Waals surface area contributed by atoms with Crippen molar-refractivity contribution in [3.05, 3.63) is 47.5 Å². The maximum Gasteiger partial charge on any atom is 0.123 e. The molecule has 15 heavy (non-hydrogen) atoms. The zero-order valence-electron chi connectivity index (χ0n) is 8.07. The van der Waals surface area contributed by atoms with Crippen LogP contribution in [0.5, 0.6) is 11.5 Å². The Balaban J connectivity index is 2.39. The predicted molar refractivity (Wildman–Crippen MR) is 58.0 cm³/mol. The highest BCUT2D eigenvalue weighted by molar-refractivity contribution is 5.85. The molecule has 2 nitrogen and oxygen atoms in total. The van der Waals surface area contributed by atoms with Crippen LogP contribution in [0.3, 0.4) is 0 Å². The van der Waals surface area contributed by atoms with Crippen LogP contribution in [0, 0.1) is 0 Å². The summed E-state index contributed by atoms with van der Waals surface area (Å²) < 4.78 is 0. The Morgan fingerprint density at radius 2 is 1.20 bits per heavy atom. The minimum atomic E-state index is 0.243. The summed E-state index contributed by atoms with van der Waals surface area (Å²) >= 11 is 0. The average Bonchev–Trinajstić information content (AvgIpc) is 2.58. The number of hydrogen-bond acceptors (Lipinski definition) is 2. The third kappa shape index (κ3) is 1.05. The van der Waals surface area contributed by atoms with Crippen molar-refractivity contribution in [3.63, 3.8) is 0 Å². The van der Waals surface area contributed by atoms with Crippen LogP contribution in [0.2, 0.25) is 0 Å². The van der Waals surface area contributed by atoms with E-state index in [4.69, 9.17) is 0 Å². The fourth-order valence-electron chi connectivity index (χ4n) is 2.25. The largest absolute Gasteiger partial charge is 0.507 e. The minimum absolute atomic E-state index is 0.243. The summed E-state index contributed by atoms with van der Waals surface area (Å²) in [4.78, 5) is 0. The molecule has 2 heteroatoms. The molecule has 0 saturated heterocycles. The van der Waals surface area contributed by atoms with Gasteiger partial charge in [-0.25, -0.2) is 0 Å². The standard InChI is InChI=1S/C13H10O2/c14-10-5-1-3-8-7-9-4-2-6-11(15)13(9)12(8)10/h1-6,14-15H,7H2. The molecule has 74 valence electrons. The molecule has 0 aromatic heterocycles. The number of rotatable bonds is 0. The number of hydrogen-bond donors (Lipinski definition) is 2. The second kappa shape index (κ2) is 2.76. The fourth-order valence-corrected chi connectivity index (χ4v) is 2.25. The van der Waals surface area contributed by atoms with E-state index in [1.54, 1.807) is 12.1 Å². The zero-order chi connectivity index (χ0) is 10.4. The number of benzene rings is 2. The van der Waals surface area contributed by atoms with Crippen molar-refractivity contribution in [2.24, 2.45) is 0 Å². The lowest BCUT2D eigenvalue weighted by Gasteiger charge is -2.05. The van der Waals surface area contributed by atoms with Crippen molar-refractivity contribution < 1.29 is 10.2 Å². The molecular formula is C13H10O2. The van der Waals surface area contributed by atoms with E-state index in [0.717, 1.165) is 28.7 Å². The number of fused-ring (bicyclic) bond motifs is 3. The lowest BCUT2D eigenvalue weighted by molar-refractivity contribution is 0.469. The fraction of sp³-hybridized carbons (Fsp3) is 0.0769. The lowest BCUT2D eigenvalue weighted by Crippen LogP contribution is -1.79. The Bertz CT molecular complexity index is 495. The first-order chi connectivity index (χ1) is 7.27. The number of aromatic hydroxyl groups is 2. The minimum Gasteiger partial charge on any atom is -0.507 e. The summed E-state index contributed by atoms with van der Waals surface area (Å²) in [6.45, 7) is 0. The Morgan fingerprint density at radius 3 is 1.67 bits per heavy atom. The summed E-state index contributed by atoms with van der Waals surface area (Å²) in [6, 6.07) is 10.9. The summed E-state index contributed by atoms with van der Waals surface area (Å²) in [5.74, 6) is 0.487. The van der Waals surface area contributed by atoms with Gasteiger partial charge in [0.25, 0.3) is 0 Å². The molecule has 2 N–H and O–H groups in total. The summed E-state index contributed by atoms with van der Waals surface area (Å²) in [6.07, 6.45) is 0.785. The first-order valence-corrected chi connectivity index (χ1v) is 4.89. The predicted octanol–water partition coefficient (Wildman–Crippen LogP) is 2.67. The molecule has 0 fully saturated rings. The molecule has 2 aromatic carbocycles. The molecular weight excluding hydrogens is 188 g/mol. The van der Waals surface area contributed by atoms with Crippen molar-refractivity contribution in [1.29, 1.82) is 0 Å². The van der Waals surface area contributed by atoms with Crippen molar-refractivity contribution >= 4 is 0 Å². The van der Waals surface area contributed by atoms with E-state index < -0.39 is 0 Å². The molecule has 0 saturated carbocycles. The lowest BCUT2D eigenvalue weighted by atomic mass is 10.0. The van der Waals surface area contributed by atoms with Crippen LogP contribution in [0.25, 0.3) is 11.1 Å². The number of phenols is 2. The van der Waals surface area contributed by atoms with E-state index in [0.29, 0.717) is 0 Å². The van der Waals surface area contributed by atoms with Crippen molar-refractivity contribution in [2.75, 3.05) is 0 Å². The van der Waals surface area contributed by atoms with E-state index in [1.807, 2.05) is 24.3 Å². The topological polar surface area (TPSA) is 40.5 Å². The average molecular weight is 198 g/mol. The van der Waals surface area contributed by atoms with Crippen molar-refractivity contribution in [3.8, 4) is 22.6 Å². The second-order valence-corrected chi connectivity index (χ2v) is 3.80. The van der Waals surface area contributed by atoms with Gasteiger partial charge in [-0.3, -0.25) is 0 Å². The van der Waals surface area contributed by atoms with Crippen LogP contribution < -0.4 is 0 Å². The van der Waals surface area contributed by atoms with Gasteiger partial charge in [0.2, 0.25) is 0 Å². The Hall–Kier alpha value is -1.96.